The molecule has 1 saturated carbocycles. The van der Waals surface area contributed by atoms with Crippen LogP contribution in [-0.2, 0) is 14.4 Å². The maximum atomic E-state index is 14.0. The lowest BCUT2D eigenvalue weighted by molar-refractivity contribution is -0.144. The van der Waals surface area contributed by atoms with Crippen molar-refractivity contribution in [1.82, 2.24) is 4.90 Å². The molecule has 2 bridgehead atoms. The molecule has 0 radical (unpaired) electrons. The van der Waals surface area contributed by atoms with Gasteiger partial charge in [-0.2, -0.15) is 0 Å². The molecule has 192 valence electrons. The summed E-state index contributed by atoms with van der Waals surface area (Å²) in [5.74, 6) is -1.42. The molecule has 8 rings (SSSR count). The van der Waals surface area contributed by atoms with Gasteiger partial charge in [-0.3, -0.25) is 19.3 Å². The Kier molecular flexibility index (Phi) is 5.64. The Bertz CT molecular complexity index is 1380. The predicted molar refractivity (Wildman–Crippen MR) is 143 cm³/mol. The van der Waals surface area contributed by atoms with E-state index in [0.29, 0.717) is 30.7 Å². The molecule has 3 aromatic rings. The van der Waals surface area contributed by atoms with Gasteiger partial charge in [0.15, 0.2) is 0 Å². The molecule has 2 amide bonds. The molecule has 1 heterocycles. The molecule has 2 atom stereocenters. The second kappa shape index (κ2) is 8.96. The van der Waals surface area contributed by atoms with Crippen molar-refractivity contribution in [3.05, 3.63) is 99.0 Å². The van der Waals surface area contributed by atoms with Gasteiger partial charge in [0.25, 0.3) is 0 Å². The number of carbonyl (C=O) groups excluding carboxylic acids is 3. The number of likely N-dealkylation sites (tertiary alicyclic amines) is 1. The maximum Gasteiger partial charge on any atom is 0.314 e. The van der Waals surface area contributed by atoms with Crippen LogP contribution < -0.4 is 4.74 Å². The van der Waals surface area contributed by atoms with Gasteiger partial charge in [-0.1, -0.05) is 71.7 Å². The predicted octanol–water partition coefficient (Wildman–Crippen LogP) is 6.35. The van der Waals surface area contributed by atoms with Crippen molar-refractivity contribution in [2.75, 3.05) is 0 Å². The highest BCUT2D eigenvalue weighted by atomic mass is 35.5. The van der Waals surface area contributed by atoms with Gasteiger partial charge in [-0.05, 0) is 66.1 Å². The SMILES string of the molecule is O=C(Oc1ccc(Cl)cc1Cl)C1CCC(N2C(=O)[C@H]3C4c5ccccc5C(c5ccccc54)[C@@H]3C2=O)CC1. The summed E-state index contributed by atoms with van der Waals surface area (Å²) < 4.78 is 5.55. The van der Waals surface area contributed by atoms with Gasteiger partial charge >= 0.3 is 5.97 Å². The Morgan fingerprint density at radius 3 is 1.71 bits per heavy atom. The molecule has 0 N–H and O–H groups in total. The smallest absolute Gasteiger partial charge is 0.314 e. The Balaban J connectivity index is 1.11. The fraction of sp³-hybridized carbons (Fsp3) is 0.323. The van der Waals surface area contributed by atoms with E-state index in [-0.39, 0.29) is 64.2 Å². The van der Waals surface area contributed by atoms with E-state index in [0.717, 1.165) is 0 Å². The number of imide groups is 1. The fourth-order valence-corrected chi connectivity index (χ4v) is 7.83. The van der Waals surface area contributed by atoms with E-state index in [2.05, 4.69) is 24.3 Å². The van der Waals surface area contributed by atoms with Crippen LogP contribution in [0.1, 0.15) is 59.8 Å². The van der Waals surface area contributed by atoms with Crippen molar-refractivity contribution in [3.63, 3.8) is 0 Å². The summed E-state index contributed by atoms with van der Waals surface area (Å²) in [6.07, 6.45) is 2.27. The molecule has 1 saturated heterocycles. The zero-order chi connectivity index (χ0) is 26.1. The number of hydrogen-bond donors (Lipinski definition) is 0. The third kappa shape index (κ3) is 3.48. The maximum absolute atomic E-state index is 14.0. The van der Waals surface area contributed by atoms with Gasteiger partial charge in [0, 0.05) is 22.9 Å². The molecule has 3 aromatic carbocycles. The van der Waals surface area contributed by atoms with E-state index in [4.69, 9.17) is 27.9 Å². The number of hydrogen-bond acceptors (Lipinski definition) is 4. The molecular formula is C31H25Cl2NO4. The van der Waals surface area contributed by atoms with Crippen LogP contribution in [0.25, 0.3) is 0 Å². The summed E-state index contributed by atoms with van der Waals surface area (Å²) in [5, 5.41) is 0.752. The summed E-state index contributed by atoms with van der Waals surface area (Å²) >= 11 is 12.1. The highest BCUT2D eigenvalue weighted by molar-refractivity contribution is 6.35. The highest BCUT2D eigenvalue weighted by Gasteiger charge is 2.62. The third-order valence-corrected chi connectivity index (χ3v) is 9.51. The van der Waals surface area contributed by atoms with Crippen LogP contribution in [0.3, 0.4) is 0 Å². The molecule has 5 nitrogen and oxygen atoms in total. The van der Waals surface area contributed by atoms with Crippen LogP contribution in [0.15, 0.2) is 66.7 Å². The fourth-order valence-electron chi connectivity index (χ4n) is 7.38. The van der Waals surface area contributed by atoms with Crippen molar-refractivity contribution in [3.8, 4) is 5.75 Å². The number of amides is 2. The van der Waals surface area contributed by atoms with Crippen molar-refractivity contribution >= 4 is 41.0 Å². The van der Waals surface area contributed by atoms with Crippen LogP contribution in [0.5, 0.6) is 5.75 Å². The Morgan fingerprint density at radius 1 is 0.737 bits per heavy atom. The van der Waals surface area contributed by atoms with Crippen molar-refractivity contribution in [2.24, 2.45) is 17.8 Å². The number of benzene rings is 3. The van der Waals surface area contributed by atoms with E-state index in [1.54, 1.807) is 17.0 Å². The van der Waals surface area contributed by atoms with Crippen LogP contribution in [0.2, 0.25) is 10.0 Å². The number of halogens is 2. The lowest BCUT2D eigenvalue weighted by Crippen LogP contribution is -2.44. The average molecular weight is 546 g/mol. The van der Waals surface area contributed by atoms with E-state index in [1.165, 1.54) is 28.3 Å². The highest BCUT2D eigenvalue weighted by Crippen LogP contribution is 2.61. The summed E-state index contributed by atoms with van der Waals surface area (Å²) in [7, 11) is 0. The molecule has 0 aromatic heterocycles. The number of carbonyl (C=O) groups is 3. The molecule has 2 fully saturated rings. The van der Waals surface area contributed by atoms with Crippen LogP contribution in [0, 0.1) is 17.8 Å². The first-order chi connectivity index (χ1) is 18.4. The van der Waals surface area contributed by atoms with Gasteiger partial charge in [0.1, 0.15) is 5.75 Å². The largest absolute Gasteiger partial charge is 0.425 e. The first-order valence-corrected chi connectivity index (χ1v) is 13.9. The molecule has 38 heavy (non-hydrogen) atoms. The number of ether oxygens (including phenoxy) is 1. The standard InChI is InChI=1S/C31H25Cl2NO4/c32-17-11-14-24(23(33)15-17)38-31(37)16-9-12-18(13-10-16)34-29(35)27-25-19-5-1-2-6-20(19)26(28(27)30(34)36)22-8-4-3-7-21(22)25/h1-8,11,14-16,18,25-28H,9-10,12-13H2/t16?,18?,25?,26?,27-,28-/m0/s1. The van der Waals surface area contributed by atoms with E-state index < -0.39 is 0 Å². The molecule has 4 aliphatic carbocycles. The topological polar surface area (TPSA) is 63.7 Å². The molecule has 0 unspecified atom stereocenters. The normalized spacial score (nSPS) is 29.1. The van der Waals surface area contributed by atoms with Gasteiger partial charge in [-0.25, -0.2) is 0 Å². The van der Waals surface area contributed by atoms with Crippen LogP contribution in [-0.4, -0.2) is 28.7 Å². The van der Waals surface area contributed by atoms with E-state index in [9.17, 15) is 14.4 Å². The monoisotopic (exact) mass is 545 g/mol. The minimum atomic E-state index is -0.368. The molecular weight excluding hydrogens is 521 g/mol. The molecule has 0 spiro atoms. The minimum absolute atomic E-state index is 0.0574. The number of rotatable bonds is 3. The first kappa shape index (κ1) is 23.9. The molecule has 7 heteroatoms. The van der Waals surface area contributed by atoms with Crippen molar-refractivity contribution < 1.29 is 19.1 Å². The summed E-state index contributed by atoms with van der Waals surface area (Å²) in [6.45, 7) is 0. The van der Waals surface area contributed by atoms with Crippen molar-refractivity contribution in [1.29, 1.82) is 0 Å². The second-order valence-electron chi connectivity index (χ2n) is 10.8. The summed E-state index contributed by atoms with van der Waals surface area (Å²) in [5.41, 5.74) is 4.70. The Labute approximate surface area is 230 Å². The second-order valence-corrected chi connectivity index (χ2v) is 11.7. The van der Waals surface area contributed by atoms with Gasteiger partial charge in [0.2, 0.25) is 11.8 Å². The zero-order valence-corrected chi connectivity index (χ0v) is 22.0. The number of esters is 1. The Morgan fingerprint density at radius 2 is 1.24 bits per heavy atom. The van der Waals surface area contributed by atoms with E-state index >= 15 is 0 Å². The molecule has 1 aliphatic heterocycles. The lowest BCUT2D eigenvalue weighted by Gasteiger charge is -2.45. The van der Waals surface area contributed by atoms with Crippen LogP contribution in [0.4, 0.5) is 0 Å². The average Bonchev–Trinajstić information content (AvgIpc) is 3.20. The first-order valence-electron chi connectivity index (χ1n) is 13.2. The van der Waals surface area contributed by atoms with Gasteiger partial charge in [0.05, 0.1) is 22.8 Å². The Hall–Kier alpha value is -3.15. The van der Waals surface area contributed by atoms with Gasteiger partial charge in [-0.15, -0.1) is 0 Å². The number of nitrogens with zero attached hydrogens (tertiary/aromatic N) is 1. The minimum Gasteiger partial charge on any atom is -0.425 e. The summed E-state index contributed by atoms with van der Waals surface area (Å²) in [6, 6.07) is 21.1. The van der Waals surface area contributed by atoms with Crippen LogP contribution >= 0.6 is 23.2 Å². The summed E-state index contributed by atoms with van der Waals surface area (Å²) in [4.78, 5) is 42.3. The third-order valence-electron chi connectivity index (χ3n) is 8.98. The molecule has 5 aliphatic rings. The zero-order valence-electron chi connectivity index (χ0n) is 20.5. The van der Waals surface area contributed by atoms with Crippen molar-refractivity contribution in [2.45, 2.75) is 43.6 Å². The van der Waals surface area contributed by atoms with Gasteiger partial charge < -0.3 is 4.74 Å². The van der Waals surface area contributed by atoms with E-state index in [1.807, 2.05) is 24.3 Å². The lowest BCUT2D eigenvalue weighted by atomic mass is 9.55. The quantitative estimate of drug-likeness (QED) is 0.218.